The van der Waals surface area contributed by atoms with Gasteiger partial charge in [-0.1, -0.05) is 0 Å². The first-order chi connectivity index (χ1) is 9.11. The highest BCUT2D eigenvalue weighted by Crippen LogP contribution is 2.23. The minimum atomic E-state index is -0.512. The van der Waals surface area contributed by atoms with E-state index in [1.54, 1.807) is 7.11 Å². The molecule has 0 aliphatic heterocycles. The van der Waals surface area contributed by atoms with Crippen LogP contribution < -0.4 is 5.73 Å². The Kier molecular flexibility index (Phi) is 4.24. The molecular weight excluding hydrogens is 252 g/mol. The van der Waals surface area contributed by atoms with E-state index in [1.807, 2.05) is 0 Å². The average Bonchev–Trinajstić information content (AvgIpc) is 2.88. The number of ether oxygens (including phenoxy) is 1. The fourth-order valence-electron chi connectivity index (χ4n) is 1.75. The van der Waals surface area contributed by atoms with Gasteiger partial charge in [0.05, 0.1) is 17.9 Å². The molecule has 0 saturated heterocycles. The highest BCUT2D eigenvalue weighted by atomic mass is 19.1. The van der Waals surface area contributed by atoms with Crippen molar-refractivity contribution in [2.45, 2.75) is 12.5 Å². The van der Waals surface area contributed by atoms with Crippen LogP contribution in [0.3, 0.4) is 0 Å². The van der Waals surface area contributed by atoms with E-state index in [1.165, 1.54) is 6.20 Å². The van der Waals surface area contributed by atoms with E-state index in [2.05, 4.69) is 9.97 Å². The third kappa shape index (κ3) is 3.15. The van der Waals surface area contributed by atoms with Gasteiger partial charge in [-0.15, -0.1) is 0 Å². The molecule has 6 heteroatoms. The van der Waals surface area contributed by atoms with Crippen LogP contribution in [0.4, 0.5) is 8.78 Å². The number of nitrogens with two attached hydrogens (primary N) is 1. The second-order valence-corrected chi connectivity index (χ2v) is 4.19. The van der Waals surface area contributed by atoms with Gasteiger partial charge in [-0.2, -0.15) is 0 Å². The van der Waals surface area contributed by atoms with Crippen LogP contribution in [0.1, 0.15) is 18.3 Å². The van der Waals surface area contributed by atoms with Gasteiger partial charge in [-0.25, -0.2) is 13.8 Å². The fourth-order valence-corrected chi connectivity index (χ4v) is 1.75. The summed E-state index contributed by atoms with van der Waals surface area (Å²) < 4.78 is 31.7. The molecule has 1 aromatic carbocycles. The Bertz CT molecular complexity index is 557. The first-order valence-corrected chi connectivity index (χ1v) is 5.86. The molecule has 0 saturated carbocycles. The summed E-state index contributed by atoms with van der Waals surface area (Å²) in [7, 11) is 1.59. The van der Waals surface area contributed by atoms with Crippen LogP contribution in [0, 0.1) is 11.6 Å². The molecule has 102 valence electrons. The Labute approximate surface area is 109 Å². The van der Waals surface area contributed by atoms with Gasteiger partial charge in [0.2, 0.25) is 0 Å². The molecule has 1 heterocycles. The Balaban J connectivity index is 2.23. The fraction of sp³-hybridized carbons (Fsp3) is 0.308. The third-order valence-corrected chi connectivity index (χ3v) is 2.80. The lowest BCUT2D eigenvalue weighted by atomic mass is 10.1. The van der Waals surface area contributed by atoms with E-state index in [4.69, 9.17) is 10.5 Å². The summed E-state index contributed by atoms with van der Waals surface area (Å²) >= 11 is 0. The number of nitrogens with zero attached hydrogens (tertiary/aromatic N) is 1. The highest BCUT2D eigenvalue weighted by molar-refractivity contribution is 5.59. The van der Waals surface area contributed by atoms with Crippen molar-refractivity contribution < 1.29 is 13.5 Å². The predicted octanol–water partition coefficient (Wildman–Crippen LogP) is 2.39. The highest BCUT2D eigenvalue weighted by Gasteiger charge is 2.13. The minimum absolute atomic E-state index is 0.137. The van der Waals surface area contributed by atoms with Crippen LogP contribution in [0.5, 0.6) is 0 Å². The van der Waals surface area contributed by atoms with Crippen molar-refractivity contribution in [3.63, 3.8) is 0 Å². The number of halogens is 2. The molecule has 0 radical (unpaired) electrons. The van der Waals surface area contributed by atoms with Gasteiger partial charge in [-0.3, -0.25) is 0 Å². The number of hydrogen-bond donors (Lipinski definition) is 2. The molecule has 0 spiro atoms. The number of benzene rings is 1. The molecule has 0 aliphatic rings. The Morgan fingerprint density at radius 1 is 1.42 bits per heavy atom. The average molecular weight is 267 g/mol. The zero-order valence-electron chi connectivity index (χ0n) is 10.5. The van der Waals surface area contributed by atoms with Gasteiger partial charge in [0.15, 0.2) is 0 Å². The summed E-state index contributed by atoms with van der Waals surface area (Å²) in [5.41, 5.74) is 6.44. The second kappa shape index (κ2) is 5.90. The second-order valence-electron chi connectivity index (χ2n) is 4.19. The van der Waals surface area contributed by atoms with E-state index in [0.29, 0.717) is 24.5 Å². The normalized spacial score (nSPS) is 12.6. The Morgan fingerprint density at radius 3 is 2.95 bits per heavy atom. The Morgan fingerprint density at radius 2 is 2.21 bits per heavy atom. The van der Waals surface area contributed by atoms with Crippen LogP contribution in [-0.2, 0) is 4.74 Å². The Hall–Kier alpha value is -1.79. The zero-order valence-corrected chi connectivity index (χ0v) is 10.5. The molecule has 0 aliphatic carbocycles. The van der Waals surface area contributed by atoms with Crippen LogP contribution in [-0.4, -0.2) is 23.7 Å². The first-order valence-electron chi connectivity index (χ1n) is 5.86. The molecule has 19 heavy (non-hydrogen) atoms. The molecular formula is C13H15F2N3O. The lowest BCUT2D eigenvalue weighted by Crippen LogP contribution is -2.14. The molecule has 3 N–H and O–H groups in total. The van der Waals surface area contributed by atoms with Crippen LogP contribution in [0.15, 0.2) is 24.4 Å². The summed E-state index contributed by atoms with van der Waals surface area (Å²) in [6, 6.07) is 2.94. The number of H-pyrrole nitrogens is 1. The van der Waals surface area contributed by atoms with Gasteiger partial charge in [0.25, 0.3) is 0 Å². The van der Waals surface area contributed by atoms with Crippen molar-refractivity contribution in [3.8, 4) is 11.3 Å². The first kappa shape index (κ1) is 13.6. The van der Waals surface area contributed by atoms with E-state index in [-0.39, 0.29) is 11.6 Å². The van der Waals surface area contributed by atoms with Crippen molar-refractivity contribution in [2.24, 2.45) is 5.73 Å². The predicted molar refractivity (Wildman–Crippen MR) is 67.4 cm³/mol. The van der Waals surface area contributed by atoms with E-state index in [0.717, 1.165) is 18.2 Å². The number of imidazole rings is 1. The van der Waals surface area contributed by atoms with E-state index < -0.39 is 11.6 Å². The van der Waals surface area contributed by atoms with Crippen molar-refractivity contribution in [1.29, 1.82) is 0 Å². The molecule has 4 nitrogen and oxygen atoms in total. The monoisotopic (exact) mass is 267 g/mol. The summed E-state index contributed by atoms with van der Waals surface area (Å²) in [6.07, 6.45) is 2.04. The van der Waals surface area contributed by atoms with Crippen LogP contribution in [0.2, 0.25) is 0 Å². The largest absolute Gasteiger partial charge is 0.385 e. The van der Waals surface area contributed by atoms with Crippen molar-refractivity contribution in [3.05, 3.63) is 41.9 Å². The molecule has 1 atom stereocenters. The minimum Gasteiger partial charge on any atom is -0.385 e. The smallest absolute Gasteiger partial charge is 0.132 e. The lowest BCUT2D eigenvalue weighted by Gasteiger charge is -2.07. The number of aromatic amines is 1. The molecule has 0 amide bonds. The standard InChI is InChI=1S/C13H15F2N3O/c1-19-5-4-11(16)13-17-7-12(18-13)9-6-8(14)2-3-10(9)15/h2-3,6-7,11H,4-5,16H2,1H3,(H,17,18). The maximum absolute atomic E-state index is 13.6. The van der Waals surface area contributed by atoms with Gasteiger partial charge in [0, 0.05) is 19.3 Å². The SMILES string of the molecule is COCCC(N)c1ncc(-c2cc(F)ccc2F)[nH]1. The molecule has 2 aromatic rings. The maximum atomic E-state index is 13.6. The van der Waals surface area contributed by atoms with Crippen LogP contribution in [0.25, 0.3) is 11.3 Å². The topological polar surface area (TPSA) is 63.9 Å². The van der Waals surface area contributed by atoms with Gasteiger partial charge in [-0.05, 0) is 24.6 Å². The van der Waals surface area contributed by atoms with Gasteiger partial charge < -0.3 is 15.5 Å². The quantitative estimate of drug-likeness (QED) is 0.874. The summed E-state index contributed by atoms with van der Waals surface area (Å²) in [5.74, 6) is -0.492. The van der Waals surface area contributed by atoms with E-state index in [9.17, 15) is 8.78 Å². The molecule has 0 fully saturated rings. The number of rotatable bonds is 5. The van der Waals surface area contributed by atoms with Crippen molar-refractivity contribution in [2.75, 3.05) is 13.7 Å². The van der Waals surface area contributed by atoms with E-state index >= 15 is 0 Å². The van der Waals surface area contributed by atoms with Crippen molar-refractivity contribution in [1.82, 2.24) is 9.97 Å². The lowest BCUT2D eigenvalue weighted by molar-refractivity contribution is 0.187. The summed E-state index contributed by atoms with van der Waals surface area (Å²) in [5, 5.41) is 0. The number of methoxy groups -OCH3 is 1. The number of hydrogen-bond acceptors (Lipinski definition) is 3. The molecule has 1 unspecified atom stereocenters. The van der Waals surface area contributed by atoms with Gasteiger partial charge in [0.1, 0.15) is 17.5 Å². The molecule has 2 rings (SSSR count). The number of aromatic nitrogens is 2. The summed E-state index contributed by atoms with van der Waals surface area (Å²) in [6.45, 7) is 0.505. The molecule has 1 aromatic heterocycles. The zero-order chi connectivity index (χ0) is 13.8. The maximum Gasteiger partial charge on any atom is 0.132 e. The third-order valence-electron chi connectivity index (χ3n) is 2.80. The van der Waals surface area contributed by atoms with Crippen molar-refractivity contribution >= 4 is 0 Å². The van der Waals surface area contributed by atoms with Gasteiger partial charge >= 0.3 is 0 Å². The number of nitrogens with one attached hydrogen (secondary N) is 1. The summed E-state index contributed by atoms with van der Waals surface area (Å²) in [4.78, 5) is 7.00. The van der Waals surface area contributed by atoms with Crippen LogP contribution >= 0.6 is 0 Å². The molecule has 0 bridgehead atoms.